The van der Waals surface area contributed by atoms with Gasteiger partial charge in [-0.3, -0.25) is 4.79 Å². The quantitative estimate of drug-likeness (QED) is 0.541. The number of aromatic nitrogens is 3. The van der Waals surface area contributed by atoms with Gasteiger partial charge in [0.25, 0.3) is 0 Å². The normalized spacial score (nSPS) is 19.9. The van der Waals surface area contributed by atoms with Crippen molar-refractivity contribution in [2.75, 3.05) is 23.3 Å². The number of hydrogen-bond acceptors (Lipinski definition) is 5. The molecule has 1 saturated heterocycles. The third-order valence-electron chi connectivity index (χ3n) is 5.96. The Morgan fingerprint density at radius 2 is 2.13 bits per heavy atom. The molecule has 3 heterocycles. The topological polar surface area (TPSA) is 85.9 Å². The Morgan fingerprint density at radius 1 is 1.26 bits per heavy atom. The minimum atomic E-state index is -0.422. The Bertz CT molecular complexity index is 1080. The third-order valence-corrected chi connectivity index (χ3v) is 6.18. The van der Waals surface area contributed by atoms with Crippen LogP contribution < -0.4 is 15.5 Å². The second-order valence-electron chi connectivity index (χ2n) is 8.35. The molecular weight excluding hydrogens is 419 g/mol. The van der Waals surface area contributed by atoms with E-state index in [9.17, 15) is 9.18 Å². The van der Waals surface area contributed by atoms with E-state index in [4.69, 9.17) is 11.6 Å². The number of hydrogen-bond donors (Lipinski definition) is 3. The summed E-state index contributed by atoms with van der Waals surface area (Å²) in [5.74, 6) is 0.664. The molecule has 1 amide bonds. The van der Waals surface area contributed by atoms with Gasteiger partial charge < -0.3 is 20.5 Å². The second-order valence-corrected chi connectivity index (χ2v) is 8.78. The molecule has 2 aliphatic rings. The van der Waals surface area contributed by atoms with E-state index in [1.807, 2.05) is 12.3 Å². The molecule has 3 aromatic rings. The summed E-state index contributed by atoms with van der Waals surface area (Å²) >= 11 is 5.97. The van der Waals surface area contributed by atoms with Crippen LogP contribution in [0.5, 0.6) is 0 Å². The average molecular weight is 443 g/mol. The number of anilines is 2. The van der Waals surface area contributed by atoms with E-state index in [-0.39, 0.29) is 17.9 Å². The fourth-order valence-corrected chi connectivity index (χ4v) is 4.55. The Balaban J connectivity index is 1.28. The van der Waals surface area contributed by atoms with Gasteiger partial charge in [0.15, 0.2) is 0 Å². The third kappa shape index (κ3) is 4.44. The fraction of sp³-hybridized carbons (Fsp3) is 0.409. The van der Waals surface area contributed by atoms with Crippen molar-refractivity contribution in [2.45, 2.75) is 37.8 Å². The number of amides is 1. The largest absolute Gasteiger partial charge is 0.373 e. The smallest absolute Gasteiger partial charge is 0.243 e. The summed E-state index contributed by atoms with van der Waals surface area (Å²) in [5.41, 5.74) is 1.33. The summed E-state index contributed by atoms with van der Waals surface area (Å²) in [5, 5.41) is 7.70. The molecule has 3 N–H and O–H groups in total. The molecule has 5 rings (SSSR count). The Labute approximate surface area is 184 Å². The highest BCUT2D eigenvalue weighted by atomic mass is 35.5. The van der Waals surface area contributed by atoms with E-state index >= 15 is 0 Å². The van der Waals surface area contributed by atoms with Crippen LogP contribution >= 0.6 is 11.6 Å². The zero-order valence-electron chi connectivity index (χ0n) is 16.9. The van der Waals surface area contributed by atoms with Crippen molar-refractivity contribution in [3.63, 3.8) is 0 Å². The first-order valence-corrected chi connectivity index (χ1v) is 11.0. The summed E-state index contributed by atoms with van der Waals surface area (Å²) in [7, 11) is 0. The predicted octanol–water partition coefficient (Wildman–Crippen LogP) is 3.73. The number of carbonyl (C=O) groups is 1. The first-order valence-electron chi connectivity index (χ1n) is 10.6. The van der Waals surface area contributed by atoms with Crippen LogP contribution in [0.3, 0.4) is 0 Å². The molecule has 1 aliphatic carbocycles. The maximum Gasteiger partial charge on any atom is 0.243 e. The van der Waals surface area contributed by atoms with Gasteiger partial charge in [-0.05, 0) is 55.9 Å². The monoisotopic (exact) mass is 442 g/mol. The molecule has 7 nitrogen and oxygen atoms in total. The number of piperidine rings is 1. The van der Waals surface area contributed by atoms with Crippen molar-refractivity contribution in [2.24, 2.45) is 5.92 Å². The first-order chi connectivity index (χ1) is 15.1. The molecule has 9 heteroatoms. The standard InChI is InChI=1S/C22H24ClFN6O/c23-14-8-15(24)10-17(9-14)28-19(13-3-4-13)22(31)29-16-2-1-7-30(11-16)21-18-5-6-25-20(18)26-12-27-21/h5-6,8-10,12-13,16,19,28H,1-4,7,11H2,(H,29,31)(H,25,26,27)/t16-,19-/m1/s1. The molecule has 1 aliphatic heterocycles. The lowest BCUT2D eigenvalue weighted by Crippen LogP contribution is -2.52. The summed E-state index contributed by atoms with van der Waals surface area (Å²) in [4.78, 5) is 27.2. The van der Waals surface area contributed by atoms with Crippen LogP contribution in [0.15, 0.2) is 36.8 Å². The molecule has 0 spiro atoms. The van der Waals surface area contributed by atoms with Crippen molar-refractivity contribution in [1.29, 1.82) is 0 Å². The van der Waals surface area contributed by atoms with E-state index in [0.717, 1.165) is 49.1 Å². The first kappa shape index (κ1) is 20.1. The summed E-state index contributed by atoms with van der Waals surface area (Å²) in [6.07, 6.45) is 7.26. The number of aromatic amines is 1. The minimum Gasteiger partial charge on any atom is -0.373 e. The lowest BCUT2D eigenvalue weighted by molar-refractivity contribution is -0.123. The molecule has 2 aromatic heterocycles. The van der Waals surface area contributed by atoms with Crippen molar-refractivity contribution in [1.82, 2.24) is 20.3 Å². The van der Waals surface area contributed by atoms with Gasteiger partial charge in [-0.1, -0.05) is 11.6 Å². The van der Waals surface area contributed by atoms with Gasteiger partial charge in [-0.15, -0.1) is 0 Å². The molecule has 0 bridgehead atoms. The maximum absolute atomic E-state index is 13.7. The number of benzene rings is 1. The van der Waals surface area contributed by atoms with Crippen molar-refractivity contribution < 1.29 is 9.18 Å². The number of nitrogens with zero attached hydrogens (tertiary/aromatic N) is 3. The van der Waals surface area contributed by atoms with Crippen LogP contribution in [0.25, 0.3) is 11.0 Å². The Hall–Kier alpha value is -2.87. The maximum atomic E-state index is 13.7. The molecule has 2 atom stereocenters. The number of fused-ring (bicyclic) bond motifs is 1. The molecule has 1 aromatic carbocycles. The van der Waals surface area contributed by atoms with Crippen LogP contribution in [0.1, 0.15) is 25.7 Å². The summed E-state index contributed by atoms with van der Waals surface area (Å²) in [6.45, 7) is 1.57. The zero-order valence-corrected chi connectivity index (χ0v) is 17.7. The SMILES string of the molecule is O=C(N[C@@H]1CCCN(c2ncnc3[nH]ccc23)C1)[C@H](Nc1cc(F)cc(Cl)c1)C1CC1. The number of rotatable bonds is 6. The fourth-order valence-electron chi connectivity index (χ4n) is 4.33. The van der Waals surface area contributed by atoms with Gasteiger partial charge in [0.1, 0.15) is 29.7 Å². The van der Waals surface area contributed by atoms with Gasteiger partial charge in [-0.2, -0.15) is 0 Å². The number of nitrogens with one attached hydrogen (secondary N) is 3. The molecule has 0 radical (unpaired) electrons. The zero-order chi connectivity index (χ0) is 21.4. The molecular formula is C22H24ClFN6O. The lowest BCUT2D eigenvalue weighted by atomic mass is 10.0. The average Bonchev–Trinajstić information content (AvgIpc) is 3.46. The van der Waals surface area contributed by atoms with E-state index in [1.165, 1.54) is 12.1 Å². The highest BCUT2D eigenvalue weighted by Crippen LogP contribution is 2.35. The van der Waals surface area contributed by atoms with E-state index < -0.39 is 11.9 Å². The molecule has 0 unspecified atom stereocenters. The molecule has 162 valence electrons. The lowest BCUT2D eigenvalue weighted by Gasteiger charge is -2.35. The summed E-state index contributed by atoms with van der Waals surface area (Å²) in [6, 6.07) is 5.86. The Kier molecular flexibility index (Phi) is 5.40. The second kappa shape index (κ2) is 8.34. The van der Waals surface area contributed by atoms with Gasteiger partial charge in [0.2, 0.25) is 5.91 Å². The van der Waals surface area contributed by atoms with Crippen LogP contribution in [-0.4, -0.2) is 46.0 Å². The highest BCUT2D eigenvalue weighted by Gasteiger charge is 2.37. The molecule has 31 heavy (non-hydrogen) atoms. The van der Waals surface area contributed by atoms with Crippen LogP contribution in [0.2, 0.25) is 5.02 Å². The van der Waals surface area contributed by atoms with E-state index in [0.29, 0.717) is 17.3 Å². The highest BCUT2D eigenvalue weighted by molar-refractivity contribution is 6.30. The van der Waals surface area contributed by atoms with Crippen molar-refractivity contribution in [3.8, 4) is 0 Å². The number of carbonyl (C=O) groups excluding carboxylic acids is 1. The summed E-state index contributed by atoms with van der Waals surface area (Å²) < 4.78 is 13.7. The Morgan fingerprint density at radius 3 is 2.94 bits per heavy atom. The van der Waals surface area contributed by atoms with Crippen LogP contribution in [-0.2, 0) is 4.79 Å². The predicted molar refractivity (Wildman–Crippen MR) is 119 cm³/mol. The van der Waals surface area contributed by atoms with E-state index in [1.54, 1.807) is 12.4 Å². The van der Waals surface area contributed by atoms with Gasteiger partial charge >= 0.3 is 0 Å². The number of halogens is 2. The van der Waals surface area contributed by atoms with Crippen molar-refractivity contribution in [3.05, 3.63) is 47.6 Å². The molecule has 1 saturated carbocycles. The van der Waals surface area contributed by atoms with Crippen LogP contribution in [0.4, 0.5) is 15.9 Å². The minimum absolute atomic E-state index is 0.0179. The molecule has 2 fully saturated rings. The number of H-pyrrole nitrogens is 1. The van der Waals surface area contributed by atoms with Gasteiger partial charge in [-0.25, -0.2) is 14.4 Å². The van der Waals surface area contributed by atoms with Gasteiger partial charge in [0, 0.05) is 36.0 Å². The van der Waals surface area contributed by atoms with Crippen LogP contribution in [0, 0.1) is 11.7 Å². The van der Waals surface area contributed by atoms with Gasteiger partial charge in [0.05, 0.1) is 5.39 Å². The van der Waals surface area contributed by atoms with E-state index in [2.05, 4.69) is 30.5 Å². The van der Waals surface area contributed by atoms with Crippen molar-refractivity contribution >= 4 is 40.0 Å².